The lowest BCUT2D eigenvalue weighted by Crippen LogP contribution is -2.32. The summed E-state index contributed by atoms with van der Waals surface area (Å²) < 4.78 is 0. The summed E-state index contributed by atoms with van der Waals surface area (Å²) in [5, 5.41) is 8.72. The minimum atomic E-state index is -0.0662. The first-order valence-corrected chi connectivity index (χ1v) is 6.79. The summed E-state index contributed by atoms with van der Waals surface area (Å²) in [6, 6.07) is 9.03. The molecule has 1 amide bonds. The minimum absolute atomic E-state index is 0.0662. The number of hydrogen-bond donors (Lipinski definition) is 0. The molecule has 0 saturated carbocycles. The van der Waals surface area contributed by atoms with Gasteiger partial charge in [0.25, 0.3) is 5.91 Å². The number of amides is 1. The first-order chi connectivity index (χ1) is 10.2. The number of rotatable bonds is 5. The summed E-state index contributed by atoms with van der Waals surface area (Å²) in [7, 11) is 0. The number of carbonyl (C=O) groups is 1. The van der Waals surface area contributed by atoms with E-state index in [1.54, 1.807) is 29.4 Å². The van der Waals surface area contributed by atoms with Crippen LogP contribution < -0.4 is 0 Å². The maximum atomic E-state index is 12.4. The molecule has 0 aliphatic rings. The summed E-state index contributed by atoms with van der Waals surface area (Å²) in [5.74, 6) is -0.0662. The molecule has 0 radical (unpaired) electrons. The average Bonchev–Trinajstić information content (AvgIpc) is 2.56. The van der Waals surface area contributed by atoms with Gasteiger partial charge in [-0.2, -0.15) is 5.26 Å². The van der Waals surface area contributed by atoms with Gasteiger partial charge in [-0.3, -0.25) is 9.78 Å². The van der Waals surface area contributed by atoms with Crippen LogP contribution in [-0.4, -0.2) is 33.9 Å². The maximum Gasteiger partial charge on any atom is 0.255 e. The van der Waals surface area contributed by atoms with E-state index in [1.807, 2.05) is 25.1 Å². The van der Waals surface area contributed by atoms with E-state index >= 15 is 0 Å². The van der Waals surface area contributed by atoms with Crippen molar-refractivity contribution in [3.63, 3.8) is 0 Å². The molecule has 21 heavy (non-hydrogen) atoms. The highest BCUT2D eigenvalue weighted by molar-refractivity contribution is 5.93. The Morgan fingerprint density at radius 1 is 1.29 bits per heavy atom. The first kappa shape index (κ1) is 14.7. The van der Waals surface area contributed by atoms with Crippen LogP contribution >= 0.6 is 0 Å². The number of likely N-dealkylation sites (N-methyl/N-ethyl adjacent to an activating group) is 1. The van der Waals surface area contributed by atoms with Gasteiger partial charge in [-0.1, -0.05) is 0 Å². The first-order valence-electron chi connectivity index (χ1n) is 6.79. The molecule has 0 unspecified atom stereocenters. The van der Waals surface area contributed by atoms with Gasteiger partial charge in [0.05, 0.1) is 5.56 Å². The zero-order chi connectivity index (χ0) is 15.1. The largest absolute Gasteiger partial charge is 0.339 e. The van der Waals surface area contributed by atoms with E-state index in [-0.39, 0.29) is 5.91 Å². The summed E-state index contributed by atoms with van der Waals surface area (Å²) in [6.45, 7) is 3.21. The monoisotopic (exact) mass is 280 g/mol. The zero-order valence-corrected chi connectivity index (χ0v) is 11.9. The molecule has 2 heterocycles. The molecule has 0 atom stereocenters. The van der Waals surface area contributed by atoms with Gasteiger partial charge in [0.1, 0.15) is 11.8 Å². The predicted octanol–water partition coefficient (Wildman–Crippen LogP) is 2.05. The normalized spacial score (nSPS) is 9.90. The second kappa shape index (κ2) is 7.15. The van der Waals surface area contributed by atoms with Gasteiger partial charge in [-0.15, -0.1) is 0 Å². The molecule has 0 aliphatic carbocycles. The van der Waals surface area contributed by atoms with Crippen LogP contribution in [0, 0.1) is 11.3 Å². The summed E-state index contributed by atoms with van der Waals surface area (Å²) in [6.07, 6.45) is 5.73. The van der Waals surface area contributed by atoms with Crippen LogP contribution in [-0.2, 0) is 6.42 Å². The number of nitriles is 1. The summed E-state index contributed by atoms with van der Waals surface area (Å²) >= 11 is 0. The zero-order valence-electron chi connectivity index (χ0n) is 11.9. The third-order valence-corrected chi connectivity index (χ3v) is 3.21. The van der Waals surface area contributed by atoms with E-state index in [0.29, 0.717) is 24.3 Å². The van der Waals surface area contributed by atoms with E-state index in [0.717, 1.165) is 12.0 Å². The van der Waals surface area contributed by atoms with Crippen LogP contribution in [0.2, 0.25) is 0 Å². The Kier molecular flexibility index (Phi) is 4.99. The maximum absolute atomic E-state index is 12.4. The van der Waals surface area contributed by atoms with Crippen molar-refractivity contribution in [3.8, 4) is 6.07 Å². The number of nitrogens with zero attached hydrogens (tertiary/aromatic N) is 4. The van der Waals surface area contributed by atoms with Crippen LogP contribution in [0.4, 0.5) is 0 Å². The Morgan fingerprint density at radius 2 is 2.05 bits per heavy atom. The Labute approximate surface area is 123 Å². The van der Waals surface area contributed by atoms with Gasteiger partial charge in [0.2, 0.25) is 0 Å². The van der Waals surface area contributed by atoms with Crippen LogP contribution in [0.15, 0.2) is 42.9 Å². The lowest BCUT2D eigenvalue weighted by atomic mass is 10.1. The topological polar surface area (TPSA) is 69.9 Å². The molecule has 5 nitrogen and oxygen atoms in total. The summed E-state index contributed by atoms with van der Waals surface area (Å²) in [5.41, 5.74) is 1.96. The van der Waals surface area contributed by atoms with Crippen molar-refractivity contribution in [2.24, 2.45) is 0 Å². The van der Waals surface area contributed by atoms with Crippen molar-refractivity contribution in [3.05, 3.63) is 59.7 Å². The SMILES string of the molecule is CCN(CCc1ccncc1)C(=O)c1ccc(C#N)nc1. The van der Waals surface area contributed by atoms with Crippen molar-refractivity contribution in [1.82, 2.24) is 14.9 Å². The summed E-state index contributed by atoms with van der Waals surface area (Å²) in [4.78, 5) is 22.1. The molecule has 0 fully saturated rings. The third-order valence-electron chi connectivity index (χ3n) is 3.21. The second-order valence-corrected chi connectivity index (χ2v) is 4.53. The molecular formula is C16H16N4O. The van der Waals surface area contributed by atoms with Gasteiger partial charge < -0.3 is 4.90 Å². The van der Waals surface area contributed by atoms with E-state index in [2.05, 4.69) is 9.97 Å². The highest BCUT2D eigenvalue weighted by Gasteiger charge is 2.14. The predicted molar refractivity (Wildman–Crippen MR) is 78.5 cm³/mol. The van der Waals surface area contributed by atoms with E-state index in [9.17, 15) is 4.79 Å². The van der Waals surface area contributed by atoms with Crippen molar-refractivity contribution in [1.29, 1.82) is 5.26 Å². The third kappa shape index (κ3) is 3.86. The van der Waals surface area contributed by atoms with Gasteiger partial charge in [-0.05, 0) is 43.2 Å². The Hall–Kier alpha value is -2.74. The molecule has 0 aromatic carbocycles. The van der Waals surface area contributed by atoms with E-state index in [4.69, 9.17) is 5.26 Å². The molecule has 0 N–H and O–H groups in total. The highest BCUT2D eigenvalue weighted by atomic mass is 16.2. The molecule has 106 valence electrons. The molecule has 2 aromatic rings. The molecule has 5 heteroatoms. The van der Waals surface area contributed by atoms with Gasteiger partial charge in [-0.25, -0.2) is 4.98 Å². The number of carbonyl (C=O) groups excluding carboxylic acids is 1. The quantitative estimate of drug-likeness (QED) is 0.840. The molecule has 0 spiro atoms. The Morgan fingerprint density at radius 3 is 2.62 bits per heavy atom. The second-order valence-electron chi connectivity index (χ2n) is 4.53. The van der Waals surface area contributed by atoms with Crippen molar-refractivity contribution < 1.29 is 4.79 Å². The van der Waals surface area contributed by atoms with Crippen molar-refractivity contribution in [2.75, 3.05) is 13.1 Å². The van der Waals surface area contributed by atoms with Gasteiger partial charge in [0.15, 0.2) is 0 Å². The lowest BCUT2D eigenvalue weighted by Gasteiger charge is -2.20. The van der Waals surface area contributed by atoms with Crippen molar-refractivity contribution in [2.45, 2.75) is 13.3 Å². The molecule has 2 rings (SSSR count). The smallest absolute Gasteiger partial charge is 0.255 e. The molecule has 0 bridgehead atoms. The van der Waals surface area contributed by atoms with Crippen molar-refractivity contribution >= 4 is 5.91 Å². The molecule has 2 aromatic heterocycles. The van der Waals surface area contributed by atoms with Gasteiger partial charge in [0, 0.05) is 31.7 Å². The number of hydrogen-bond acceptors (Lipinski definition) is 4. The highest BCUT2D eigenvalue weighted by Crippen LogP contribution is 2.07. The van der Waals surface area contributed by atoms with Crippen LogP contribution in [0.25, 0.3) is 0 Å². The fraction of sp³-hybridized carbons (Fsp3) is 0.250. The average molecular weight is 280 g/mol. The van der Waals surface area contributed by atoms with Crippen LogP contribution in [0.1, 0.15) is 28.5 Å². The molecular weight excluding hydrogens is 264 g/mol. The van der Waals surface area contributed by atoms with E-state index in [1.165, 1.54) is 6.20 Å². The standard InChI is InChI=1S/C16H16N4O/c1-2-20(10-7-13-5-8-18-9-6-13)16(21)14-3-4-15(11-17)19-12-14/h3-6,8-9,12H,2,7,10H2,1H3. The fourth-order valence-electron chi connectivity index (χ4n) is 1.99. The molecule has 0 saturated heterocycles. The minimum Gasteiger partial charge on any atom is -0.339 e. The number of pyridine rings is 2. The number of aromatic nitrogens is 2. The fourth-order valence-corrected chi connectivity index (χ4v) is 1.99. The Balaban J connectivity index is 2.02. The lowest BCUT2D eigenvalue weighted by molar-refractivity contribution is 0.0766. The van der Waals surface area contributed by atoms with Gasteiger partial charge >= 0.3 is 0 Å². The Bertz CT molecular complexity index is 632. The van der Waals surface area contributed by atoms with Crippen LogP contribution in [0.5, 0.6) is 0 Å². The molecule has 0 aliphatic heterocycles. The van der Waals surface area contributed by atoms with Crippen LogP contribution in [0.3, 0.4) is 0 Å². The van der Waals surface area contributed by atoms with E-state index < -0.39 is 0 Å².